The van der Waals surface area contributed by atoms with Crippen molar-refractivity contribution >= 4 is 21.6 Å². The maximum Gasteiger partial charge on any atom is 0.269 e. The first-order valence-corrected chi connectivity index (χ1v) is 9.93. The van der Waals surface area contributed by atoms with E-state index in [2.05, 4.69) is 4.72 Å². The Balaban J connectivity index is 1.96. The fraction of sp³-hybridized carbons (Fsp3) is 0.278. The van der Waals surface area contributed by atoms with Crippen LogP contribution in [0, 0.1) is 16.0 Å². The van der Waals surface area contributed by atoms with Gasteiger partial charge in [0.25, 0.3) is 5.69 Å². The van der Waals surface area contributed by atoms with Crippen molar-refractivity contribution in [2.24, 2.45) is 11.7 Å². The first-order valence-electron chi connectivity index (χ1n) is 8.44. The normalized spacial score (nSPS) is 13.6. The van der Waals surface area contributed by atoms with Crippen LogP contribution in [0.2, 0.25) is 0 Å². The van der Waals surface area contributed by atoms with E-state index < -0.39 is 32.9 Å². The standard InChI is InChI=1S/C18H21N3O6S/c19-18(23)14(10-13-4-2-1-3-5-13)11-16(22)12-20-28(26,27)17-8-6-15(7-9-17)21(24)25/h1-9,14,16,20,22H,10-12H2,(H2,19,23)/t14-,16-/m0/s1. The van der Waals surface area contributed by atoms with Crippen LogP contribution in [0.5, 0.6) is 0 Å². The fourth-order valence-electron chi connectivity index (χ4n) is 2.65. The Morgan fingerprint density at radius 2 is 1.75 bits per heavy atom. The molecule has 10 heteroatoms. The van der Waals surface area contributed by atoms with E-state index in [1.54, 1.807) is 0 Å². The number of amides is 1. The Labute approximate surface area is 162 Å². The number of benzene rings is 2. The Kier molecular flexibility index (Phi) is 7.21. The molecular weight excluding hydrogens is 386 g/mol. The maximum absolute atomic E-state index is 12.2. The van der Waals surface area contributed by atoms with Gasteiger partial charge in [0.15, 0.2) is 0 Å². The molecule has 0 fully saturated rings. The number of rotatable bonds is 10. The summed E-state index contributed by atoms with van der Waals surface area (Å²) in [6.07, 6.45) is -0.802. The van der Waals surface area contributed by atoms with Crippen LogP contribution < -0.4 is 10.5 Å². The number of aliphatic hydroxyl groups excluding tert-OH is 1. The van der Waals surface area contributed by atoms with E-state index in [0.29, 0.717) is 6.42 Å². The summed E-state index contributed by atoms with van der Waals surface area (Å²) in [6.45, 7) is -0.322. The summed E-state index contributed by atoms with van der Waals surface area (Å²) in [6, 6.07) is 13.5. The van der Waals surface area contributed by atoms with E-state index in [1.165, 1.54) is 0 Å². The van der Waals surface area contributed by atoms with E-state index in [9.17, 15) is 28.4 Å². The molecule has 2 atom stereocenters. The summed E-state index contributed by atoms with van der Waals surface area (Å²) >= 11 is 0. The van der Waals surface area contributed by atoms with E-state index >= 15 is 0 Å². The van der Waals surface area contributed by atoms with Gasteiger partial charge in [-0.25, -0.2) is 13.1 Å². The van der Waals surface area contributed by atoms with Crippen molar-refractivity contribution in [3.8, 4) is 0 Å². The number of nitro benzene ring substituents is 1. The average Bonchev–Trinajstić information content (AvgIpc) is 2.67. The lowest BCUT2D eigenvalue weighted by Gasteiger charge is -2.18. The van der Waals surface area contributed by atoms with Gasteiger partial charge in [0.1, 0.15) is 0 Å². The van der Waals surface area contributed by atoms with E-state index in [-0.39, 0.29) is 23.5 Å². The molecule has 0 aliphatic heterocycles. The summed E-state index contributed by atoms with van der Waals surface area (Å²) < 4.78 is 26.7. The van der Waals surface area contributed by atoms with Crippen LogP contribution in [0.25, 0.3) is 0 Å². The van der Waals surface area contributed by atoms with Gasteiger partial charge in [0, 0.05) is 24.6 Å². The number of nitro groups is 1. The maximum atomic E-state index is 12.2. The first kappa shape index (κ1) is 21.5. The lowest BCUT2D eigenvalue weighted by Crippen LogP contribution is -2.36. The second-order valence-electron chi connectivity index (χ2n) is 6.28. The highest BCUT2D eigenvalue weighted by Gasteiger charge is 2.22. The largest absolute Gasteiger partial charge is 0.392 e. The number of nitrogens with two attached hydrogens (primary N) is 1. The van der Waals surface area contributed by atoms with Gasteiger partial charge in [0.2, 0.25) is 15.9 Å². The monoisotopic (exact) mass is 407 g/mol. The zero-order chi connectivity index (χ0) is 20.7. The van der Waals surface area contributed by atoms with Crippen molar-refractivity contribution in [2.45, 2.75) is 23.8 Å². The third-order valence-electron chi connectivity index (χ3n) is 4.15. The van der Waals surface area contributed by atoms with E-state index in [1.807, 2.05) is 30.3 Å². The summed E-state index contributed by atoms with van der Waals surface area (Å²) in [4.78, 5) is 21.5. The van der Waals surface area contributed by atoms with Crippen molar-refractivity contribution < 1.29 is 23.2 Å². The number of carbonyl (C=O) groups is 1. The van der Waals surface area contributed by atoms with Crippen molar-refractivity contribution in [1.29, 1.82) is 0 Å². The minimum Gasteiger partial charge on any atom is -0.392 e. The predicted octanol–water partition coefficient (Wildman–Crippen LogP) is 0.968. The minimum absolute atomic E-state index is 0.00694. The molecule has 0 radical (unpaired) electrons. The summed E-state index contributed by atoms with van der Waals surface area (Å²) in [5.41, 5.74) is 6.05. The molecule has 150 valence electrons. The van der Waals surface area contributed by atoms with Crippen LogP contribution in [0.3, 0.4) is 0 Å². The fourth-order valence-corrected chi connectivity index (χ4v) is 3.72. The molecule has 28 heavy (non-hydrogen) atoms. The van der Waals surface area contributed by atoms with Crippen molar-refractivity contribution in [3.63, 3.8) is 0 Å². The van der Waals surface area contributed by atoms with Crippen molar-refractivity contribution in [2.75, 3.05) is 6.54 Å². The number of nitrogens with one attached hydrogen (secondary N) is 1. The van der Waals surface area contributed by atoms with Crippen LogP contribution in [-0.4, -0.2) is 37.0 Å². The molecule has 0 aliphatic carbocycles. The molecule has 0 bridgehead atoms. The van der Waals surface area contributed by atoms with Gasteiger partial charge in [-0.15, -0.1) is 0 Å². The lowest BCUT2D eigenvalue weighted by molar-refractivity contribution is -0.384. The molecule has 2 aromatic carbocycles. The lowest BCUT2D eigenvalue weighted by atomic mass is 9.93. The van der Waals surface area contributed by atoms with Gasteiger partial charge in [0.05, 0.1) is 15.9 Å². The van der Waals surface area contributed by atoms with Gasteiger partial charge in [-0.05, 0) is 30.5 Å². The number of aliphatic hydroxyl groups is 1. The highest BCUT2D eigenvalue weighted by Crippen LogP contribution is 2.17. The Bertz CT molecular complexity index is 916. The van der Waals surface area contributed by atoms with Crippen LogP contribution in [0.4, 0.5) is 5.69 Å². The highest BCUT2D eigenvalue weighted by atomic mass is 32.2. The third-order valence-corrected chi connectivity index (χ3v) is 5.59. The molecule has 0 spiro atoms. The molecule has 4 N–H and O–H groups in total. The smallest absolute Gasteiger partial charge is 0.269 e. The molecule has 1 amide bonds. The molecule has 9 nitrogen and oxygen atoms in total. The second kappa shape index (κ2) is 9.40. The van der Waals surface area contributed by atoms with Gasteiger partial charge in [-0.3, -0.25) is 14.9 Å². The van der Waals surface area contributed by atoms with E-state index in [0.717, 1.165) is 29.8 Å². The second-order valence-corrected chi connectivity index (χ2v) is 8.05. The molecule has 0 aliphatic rings. The van der Waals surface area contributed by atoms with Crippen LogP contribution in [0.1, 0.15) is 12.0 Å². The molecule has 0 heterocycles. The number of carbonyl (C=O) groups excluding carboxylic acids is 1. The predicted molar refractivity (Wildman–Crippen MR) is 102 cm³/mol. The van der Waals surface area contributed by atoms with Crippen LogP contribution in [-0.2, 0) is 21.2 Å². The number of nitrogens with zero attached hydrogens (tertiary/aromatic N) is 1. The van der Waals surface area contributed by atoms with Crippen LogP contribution in [0.15, 0.2) is 59.5 Å². The van der Waals surface area contributed by atoms with Crippen LogP contribution >= 0.6 is 0 Å². The summed E-state index contributed by atoms with van der Waals surface area (Å²) in [5, 5.41) is 20.8. The number of non-ortho nitro benzene ring substituents is 1. The third kappa shape index (κ3) is 6.12. The Hall–Kier alpha value is -2.82. The number of primary amides is 1. The molecule has 0 aromatic heterocycles. The molecule has 2 rings (SSSR count). The Morgan fingerprint density at radius 3 is 2.29 bits per heavy atom. The zero-order valence-corrected chi connectivity index (χ0v) is 15.7. The van der Waals surface area contributed by atoms with Gasteiger partial charge in [-0.2, -0.15) is 0 Å². The van der Waals surface area contributed by atoms with E-state index in [4.69, 9.17) is 5.73 Å². The summed E-state index contributed by atoms with van der Waals surface area (Å²) in [7, 11) is -3.96. The topological polar surface area (TPSA) is 153 Å². The minimum atomic E-state index is -3.96. The number of hydrogen-bond donors (Lipinski definition) is 3. The number of sulfonamides is 1. The molecule has 0 saturated heterocycles. The number of hydrogen-bond acceptors (Lipinski definition) is 6. The highest BCUT2D eigenvalue weighted by molar-refractivity contribution is 7.89. The molecule has 0 unspecified atom stereocenters. The molecule has 0 saturated carbocycles. The molecule has 2 aromatic rings. The van der Waals surface area contributed by atoms with Crippen molar-refractivity contribution in [1.82, 2.24) is 4.72 Å². The molecular formula is C18H21N3O6S. The van der Waals surface area contributed by atoms with Gasteiger partial charge >= 0.3 is 0 Å². The van der Waals surface area contributed by atoms with Gasteiger partial charge < -0.3 is 10.8 Å². The van der Waals surface area contributed by atoms with Crippen molar-refractivity contribution in [3.05, 3.63) is 70.3 Å². The summed E-state index contributed by atoms with van der Waals surface area (Å²) in [5.74, 6) is -1.23. The average molecular weight is 407 g/mol. The zero-order valence-electron chi connectivity index (χ0n) is 14.9. The first-order chi connectivity index (χ1) is 13.2. The van der Waals surface area contributed by atoms with Gasteiger partial charge in [-0.1, -0.05) is 30.3 Å². The quantitative estimate of drug-likeness (QED) is 0.394. The Morgan fingerprint density at radius 1 is 1.14 bits per heavy atom. The SMILES string of the molecule is NC(=O)[C@@H](Cc1ccccc1)C[C@H](O)CNS(=O)(=O)c1ccc([N+](=O)[O-])cc1.